The van der Waals surface area contributed by atoms with Crippen LogP contribution in [0.2, 0.25) is 0 Å². The highest BCUT2D eigenvalue weighted by atomic mass is 16.2. The third-order valence-electron chi connectivity index (χ3n) is 5.55. The molecule has 0 bridgehead atoms. The number of hydrogen-bond donors (Lipinski definition) is 1. The Hall–Kier alpha value is -2.70. The maximum atomic E-state index is 12.7. The van der Waals surface area contributed by atoms with Gasteiger partial charge < -0.3 is 10.2 Å². The first kappa shape index (κ1) is 17.7. The lowest BCUT2D eigenvalue weighted by Gasteiger charge is -2.27. The third kappa shape index (κ3) is 4.02. The van der Waals surface area contributed by atoms with Crippen molar-refractivity contribution >= 4 is 6.03 Å². The van der Waals surface area contributed by atoms with Gasteiger partial charge in [0.25, 0.3) is 5.56 Å². The minimum atomic E-state index is -0.143. The van der Waals surface area contributed by atoms with Crippen LogP contribution in [0.4, 0.5) is 4.79 Å². The molecule has 2 aromatic heterocycles. The summed E-state index contributed by atoms with van der Waals surface area (Å²) >= 11 is 0. The largest absolute Gasteiger partial charge is 0.335 e. The zero-order valence-corrected chi connectivity index (χ0v) is 15.4. The Bertz CT molecular complexity index is 845. The first-order valence-corrected chi connectivity index (χ1v) is 9.76. The first-order chi connectivity index (χ1) is 13.2. The minimum Gasteiger partial charge on any atom is -0.335 e. The predicted octanol–water partition coefficient (Wildman–Crippen LogP) is 2.42. The number of amides is 2. The Labute approximate surface area is 158 Å². The Balaban J connectivity index is 1.49. The van der Waals surface area contributed by atoms with Crippen molar-refractivity contribution in [3.8, 4) is 11.3 Å². The van der Waals surface area contributed by atoms with E-state index in [1.54, 1.807) is 24.5 Å². The Morgan fingerprint density at radius 2 is 1.85 bits per heavy atom. The van der Waals surface area contributed by atoms with Gasteiger partial charge in [-0.2, -0.15) is 5.10 Å². The zero-order chi connectivity index (χ0) is 18.6. The first-order valence-electron chi connectivity index (χ1n) is 9.76. The van der Waals surface area contributed by atoms with Crippen LogP contribution in [0.15, 0.2) is 41.5 Å². The zero-order valence-electron chi connectivity index (χ0n) is 15.4. The van der Waals surface area contributed by atoms with E-state index in [1.165, 1.54) is 17.5 Å². The van der Waals surface area contributed by atoms with Crippen molar-refractivity contribution in [1.29, 1.82) is 0 Å². The highest BCUT2D eigenvalue weighted by molar-refractivity contribution is 5.75. The highest BCUT2D eigenvalue weighted by Crippen LogP contribution is 2.22. The number of pyridine rings is 1. The Morgan fingerprint density at radius 1 is 1.07 bits per heavy atom. The molecule has 3 heterocycles. The molecule has 1 atom stereocenters. The molecular formula is C20H25N5O2. The van der Waals surface area contributed by atoms with Gasteiger partial charge in [-0.3, -0.25) is 9.78 Å². The molecule has 27 heavy (non-hydrogen) atoms. The molecule has 4 rings (SSSR count). The lowest BCUT2D eigenvalue weighted by Crippen LogP contribution is -2.48. The summed E-state index contributed by atoms with van der Waals surface area (Å²) in [7, 11) is 0. The van der Waals surface area contributed by atoms with Crippen LogP contribution in [0.25, 0.3) is 11.3 Å². The van der Waals surface area contributed by atoms with E-state index < -0.39 is 0 Å². The Kier molecular flexibility index (Phi) is 5.18. The summed E-state index contributed by atoms with van der Waals surface area (Å²) in [6.45, 7) is 1.16. The molecule has 7 nitrogen and oxygen atoms in total. The van der Waals surface area contributed by atoms with Gasteiger partial charge in [0.05, 0.1) is 18.3 Å². The van der Waals surface area contributed by atoms with Crippen LogP contribution >= 0.6 is 0 Å². The predicted molar refractivity (Wildman–Crippen MR) is 102 cm³/mol. The highest BCUT2D eigenvalue weighted by Gasteiger charge is 2.31. The fourth-order valence-electron chi connectivity index (χ4n) is 4.08. The number of nitrogens with zero attached hydrogens (tertiary/aromatic N) is 4. The second kappa shape index (κ2) is 7.90. The van der Waals surface area contributed by atoms with E-state index in [1.807, 2.05) is 17.0 Å². The van der Waals surface area contributed by atoms with Crippen molar-refractivity contribution in [2.75, 3.05) is 6.54 Å². The summed E-state index contributed by atoms with van der Waals surface area (Å²) in [5.74, 6) is 0. The summed E-state index contributed by atoms with van der Waals surface area (Å²) in [4.78, 5) is 30.9. The van der Waals surface area contributed by atoms with Crippen LogP contribution in [-0.2, 0) is 6.54 Å². The summed E-state index contributed by atoms with van der Waals surface area (Å²) in [6.07, 6.45) is 9.79. The van der Waals surface area contributed by atoms with Gasteiger partial charge in [0.2, 0.25) is 0 Å². The van der Waals surface area contributed by atoms with E-state index in [0.717, 1.165) is 43.5 Å². The van der Waals surface area contributed by atoms with Gasteiger partial charge >= 0.3 is 6.03 Å². The quantitative estimate of drug-likeness (QED) is 0.900. The molecule has 2 amide bonds. The van der Waals surface area contributed by atoms with Crippen molar-refractivity contribution in [1.82, 2.24) is 25.0 Å². The molecule has 1 aliphatic heterocycles. The maximum absolute atomic E-state index is 12.7. The van der Waals surface area contributed by atoms with Gasteiger partial charge in [-0.15, -0.1) is 0 Å². The molecule has 2 fully saturated rings. The Morgan fingerprint density at radius 3 is 2.63 bits per heavy atom. The average molecular weight is 367 g/mol. The molecule has 0 aromatic carbocycles. The van der Waals surface area contributed by atoms with E-state index in [4.69, 9.17) is 0 Å². The van der Waals surface area contributed by atoms with Crippen molar-refractivity contribution in [3.05, 3.63) is 47.0 Å². The topological polar surface area (TPSA) is 80.1 Å². The molecule has 1 saturated heterocycles. The number of nitrogens with one attached hydrogen (secondary N) is 1. The third-order valence-corrected chi connectivity index (χ3v) is 5.55. The van der Waals surface area contributed by atoms with Crippen molar-refractivity contribution in [3.63, 3.8) is 0 Å². The number of carbonyl (C=O) groups is 1. The van der Waals surface area contributed by atoms with E-state index >= 15 is 0 Å². The minimum absolute atomic E-state index is 0.00253. The maximum Gasteiger partial charge on any atom is 0.317 e. The van der Waals surface area contributed by atoms with Gasteiger partial charge in [-0.25, -0.2) is 9.48 Å². The molecule has 1 saturated carbocycles. The van der Waals surface area contributed by atoms with Crippen LogP contribution in [0.3, 0.4) is 0 Å². The monoisotopic (exact) mass is 367 g/mol. The van der Waals surface area contributed by atoms with Gasteiger partial charge in [-0.1, -0.05) is 12.8 Å². The van der Waals surface area contributed by atoms with Crippen molar-refractivity contribution in [2.45, 2.75) is 57.2 Å². The SMILES string of the molecule is O=C(NC1CCCC1)N1CCCC1Cn1nc(-c2ccncc2)ccc1=O. The van der Waals surface area contributed by atoms with E-state index in [2.05, 4.69) is 15.4 Å². The van der Waals surface area contributed by atoms with E-state index in [-0.39, 0.29) is 17.6 Å². The van der Waals surface area contributed by atoms with E-state index in [0.29, 0.717) is 12.6 Å². The number of hydrogen-bond acceptors (Lipinski definition) is 4. The molecule has 2 aliphatic rings. The number of rotatable bonds is 4. The fraction of sp³-hybridized carbons (Fsp3) is 0.500. The second-order valence-electron chi connectivity index (χ2n) is 7.40. The van der Waals surface area contributed by atoms with Crippen LogP contribution in [-0.4, -0.2) is 44.3 Å². The lowest BCUT2D eigenvalue weighted by molar-refractivity contribution is 0.181. The van der Waals surface area contributed by atoms with Gasteiger partial charge in [-0.05, 0) is 43.9 Å². The molecular weight excluding hydrogens is 342 g/mol. The average Bonchev–Trinajstić information content (AvgIpc) is 3.36. The molecule has 7 heteroatoms. The van der Waals surface area contributed by atoms with Crippen LogP contribution < -0.4 is 10.9 Å². The molecule has 1 N–H and O–H groups in total. The fourth-order valence-corrected chi connectivity index (χ4v) is 4.08. The number of aromatic nitrogens is 3. The standard InChI is InChI=1S/C20H25N5O2/c26-19-8-7-18(15-9-11-21-12-10-15)23-25(19)14-17-6-3-13-24(17)20(27)22-16-4-1-2-5-16/h7-12,16-17H,1-6,13-14H2,(H,22,27). The second-order valence-corrected chi connectivity index (χ2v) is 7.40. The molecule has 142 valence electrons. The summed E-state index contributed by atoms with van der Waals surface area (Å²) in [5.41, 5.74) is 1.51. The van der Waals surface area contributed by atoms with Gasteiger partial charge in [0.15, 0.2) is 0 Å². The van der Waals surface area contributed by atoms with Crippen LogP contribution in [0.1, 0.15) is 38.5 Å². The number of carbonyl (C=O) groups excluding carboxylic acids is 1. The number of likely N-dealkylation sites (tertiary alicyclic amines) is 1. The number of urea groups is 1. The molecule has 0 radical (unpaired) electrons. The van der Waals surface area contributed by atoms with Crippen molar-refractivity contribution in [2.24, 2.45) is 0 Å². The normalized spacial score (nSPS) is 20.1. The van der Waals surface area contributed by atoms with Crippen LogP contribution in [0, 0.1) is 0 Å². The molecule has 0 spiro atoms. The van der Waals surface area contributed by atoms with Gasteiger partial charge in [0, 0.05) is 36.6 Å². The molecule has 1 aliphatic carbocycles. The van der Waals surface area contributed by atoms with E-state index in [9.17, 15) is 9.59 Å². The summed E-state index contributed by atoms with van der Waals surface area (Å²) in [6, 6.07) is 7.32. The van der Waals surface area contributed by atoms with Crippen molar-refractivity contribution < 1.29 is 4.79 Å². The molecule has 2 aromatic rings. The lowest BCUT2D eigenvalue weighted by atomic mass is 10.2. The summed E-state index contributed by atoms with van der Waals surface area (Å²) in [5, 5.41) is 7.68. The summed E-state index contributed by atoms with van der Waals surface area (Å²) < 4.78 is 1.49. The van der Waals surface area contributed by atoms with Gasteiger partial charge in [0.1, 0.15) is 0 Å². The smallest absolute Gasteiger partial charge is 0.317 e. The van der Waals surface area contributed by atoms with Crippen LogP contribution in [0.5, 0.6) is 0 Å². The molecule has 1 unspecified atom stereocenters.